The summed E-state index contributed by atoms with van der Waals surface area (Å²) < 4.78 is 20.0. The molecule has 218 valence electrons. The zero-order valence-electron chi connectivity index (χ0n) is 24.9. The van der Waals surface area contributed by atoms with E-state index in [9.17, 15) is 0 Å². The Kier molecular flexibility index (Phi) is 10.0. The third kappa shape index (κ3) is 5.16. The van der Waals surface area contributed by atoms with E-state index >= 15 is 0 Å². The number of hydrogen-bond donors (Lipinski definition) is 0. The van der Waals surface area contributed by atoms with E-state index in [4.69, 9.17) is 0 Å². The van der Waals surface area contributed by atoms with Crippen molar-refractivity contribution in [2.24, 2.45) is 0 Å². The van der Waals surface area contributed by atoms with Crippen LogP contribution in [-0.2, 0) is 0 Å². The zero-order valence-corrected chi connectivity index (χ0v) is 26.9. The molecule has 0 bridgehead atoms. The average molecular weight is 561 g/mol. The molecule has 0 aromatic rings. The van der Waals surface area contributed by atoms with Crippen molar-refractivity contribution in [2.45, 2.75) is 116 Å². The summed E-state index contributed by atoms with van der Waals surface area (Å²) in [6.07, 6.45) is 26.1. The second-order valence-electron chi connectivity index (χ2n) is 13.6. The zero-order chi connectivity index (χ0) is 25.7. The third-order valence-corrected chi connectivity index (χ3v) is 28.5. The first-order valence-electron chi connectivity index (χ1n) is 17.4. The molecule has 6 aliphatic heterocycles. The van der Waals surface area contributed by atoms with Gasteiger partial charge in [0.05, 0.1) is 0 Å². The van der Waals surface area contributed by atoms with Crippen molar-refractivity contribution in [3.63, 3.8) is 0 Å². The Morgan fingerprint density at radius 3 is 0.447 bits per heavy atom. The Morgan fingerprint density at radius 1 is 0.184 bits per heavy atom. The van der Waals surface area contributed by atoms with Gasteiger partial charge < -0.3 is 0 Å². The maximum atomic E-state index is 3.33. The van der Waals surface area contributed by atoms with Crippen LogP contribution in [0.15, 0.2) is 0 Å². The first-order valence-corrected chi connectivity index (χ1v) is 22.1. The highest BCUT2D eigenvalue weighted by Gasteiger charge is 2.75. The Bertz CT molecular complexity index is 552. The number of rotatable bonds is 7. The van der Waals surface area contributed by atoms with Gasteiger partial charge in [-0.25, -0.2) is 0 Å². The molecule has 6 aliphatic rings. The molecule has 0 amide bonds. The second kappa shape index (κ2) is 13.4. The smallest absolute Gasteiger partial charge is 0.299 e. The van der Waals surface area contributed by atoms with Gasteiger partial charge in [0.15, 0.2) is 0 Å². The fourth-order valence-electron chi connectivity index (χ4n) is 9.71. The van der Waals surface area contributed by atoms with Crippen molar-refractivity contribution in [2.75, 3.05) is 78.5 Å². The van der Waals surface area contributed by atoms with Crippen molar-refractivity contribution in [1.29, 1.82) is 0 Å². The van der Waals surface area contributed by atoms with E-state index in [1.807, 2.05) is 0 Å². The molecule has 0 aromatic carbocycles. The second-order valence-corrected chi connectivity index (χ2v) is 23.9. The van der Waals surface area contributed by atoms with Gasteiger partial charge in [0.1, 0.15) is 0 Å². The van der Waals surface area contributed by atoms with Crippen molar-refractivity contribution < 1.29 is 0 Å². The lowest BCUT2D eigenvalue weighted by atomic mass is 10.2. The van der Waals surface area contributed by atoms with Crippen LogP contribution in [-0.4, -0.2) is 122 Å². The molecule has 0 saturated carbocycles. The lowest BCUT2D eigenvalue weighted by molar-refractivity contribution is 0.154. The summed E-state index contributed by atoms with van der Waals surface area (Å²) in [5.41, 5.74) is 0. The summed E-state index contributed by atoms with van der Waals surface area (Å²) >= 11 is 0. The fraction of sp³-hybridized carbons (Fsp3) is 1.00. The molecule has 6 saturated heterocycles. The molecule has 0 aromatic heterocycles. The standard InChI is InChI=1S/C30H60N6Si2/c1-7-19-31(20-8-1)37(32-21-9-2-10-22-32,33-23-11-3-12-24-33)38(34-25-13-4-14-26-34,35-27-15-5-16-28-35)36-29-17-6-18-30-36/h1-30H2. The van der Waals surface area contributed by atoms with Gasteiger partial charge in [0.25, 0.3) is 0 Å². The molecule has 6 rings (SSSR count). The van der Waals surface area contributed by atoms with Crippen LogP contribution in [0.1, 0.15) is 116 Å². The van der Waals surface area contributed by atoms with Crippen molar-refractivity contribution in [1.82, 2.24) is 27.4 Å². The Balaban J connectivity index is 1.60. The van der Waals surface area contributed by atoms with E-state index in [0.29, 0.717) is 0 Å². The van der Waals surface area contributed by atoms with Crippen LogP contribution in [0.4, 0.5) is 0 Å². The van der Waals surface area contributed by atoms with Crippen LogP contribution < -0.4 is 0 Å². The van der Waals surface area contributed by atoms with Crippen LogP contribution in [0.25, 0.3) is 0 Å². The molecular weight excluding hydrogens is 501 g/mol. The molecule has 6 nitrogen and oxygen atoms in total. The van der Waals surface area contributed by atoms with Crippen LogP contribution in [0.5, 0.6) is 0 Å². The Labute approximate surface area is 237 Å². The maximum absolute atomic E-state index is 3.33. The minimum Gasteiger partial charge on any atom is -0.299 e. The van der Waals surface area contributed by atoms with Crippen molar-refractivity contribution in [3.05, 3.63) is 0 Å². The maximum Gasteiger partial charge on any atom is 0.327 e. The van der Waals surface area contributed by atoms with E-state index in [-0.39, 0.29) is 0 Å². The van der Waals surface area contributed by atoms with Gasteiger partial charge in [-0.05, 0) is 156 Å². The summed E-state index contributed by atoms with van der Waals surface area (Å²) in [7, 11) is -4.44. The van der Waals surface area contributed by atoms with E-state index in [1.165, 1.54) is 194 Å². The van der Waals surface area contributed by atoms with Gasteiger partial charge in [-0.15, -0.1) is 0 Å². The van der Waals surface area contributed by atoms with Gasteiger partial charge >= 0.3 is 16.2 Å². The molecule has 8 heteroatoms. The van der Waals surface area contributed by atoms with E-state index < -0.39 is 16.2 Å². The topological polar surface area (TPSA) is 19.4 Å². The van der Waals surface area contributed by atoms with Crippen molar-refractivity contribution in [3.8, 4) is 0 Å². The quantitative estimate of drug-likeness (QED) is 0.412. The fourth-order valence-corrected chi connectivity index (χ4v) is 32.0. The highest BCUT2D eigenvalue weighted by Crippen LogP contribution is 2.44. The summed E-state index contributed by atoms with van der Waals surface area (Å²) in [6, 6.07) is 0. The highest BCUT2D eigenvalue weighted by atomic mass is 29.3. The number of piperidine rings is 6. The van der Waals surface area contributed by atoms with Gasteiger partial charge in [-0.3, -0.25) is 27.4 Å². The summed E-state index contributed by atoms with van der Waals surface area (Å²) in [6.45, 7) is 16.7. The molecule has 0 atom stereocenters. The average Bonchev–Trinajstić information content (AvgIpc) is 3.02. The van der Waals surface area contributed by atoms with E-state index in [1.54, 1.807) is 0 Å². The lowest BCUT2D eigenvalue weighted by Crippen LogP contribution is -3.00. The predicted octanol–water partition coefficient (Wildman–Crippen LogP) is 4.86. The molecule has 6 fully saturated rings. The van der Waals surface area contributed by atoms with Crippen molar-refractivity contribution >= 4 is 16.2 Å². The number of hydrogen-bond acceptors (Lipinski definition) is 6. The molecular formula is C30H60N6Si2. The first-order chi connectivity index (χ1) is 18.9. The lowest BCUT2D eigenvalue weighted by Gasteiger charge is -2.70. The SMILES string of the molecule is C1CCN([Si](N2CCCCC2)(N2CCCCC2)[Si](N2CCCCC2)(N2CCCCC2)N2CCCCC2)CC1. The molecule has 0 radical (unpaired) electrons. The molecule has 0 unspecified atom stereocenters. The minimum absolute atomic E-state index is 1.39. The molecule has 0 aliphatic carbocycles. The van der Waals surface area contributed by atoms with E-state index in [0.717, 1.165) is 0 Å². The molecule has 6 heterocycles. The van der Waals surface area contributed by atoms with Gasteiger partial charge in [0.2, 0.25) is 0 Å². The highest BCUT2D eigenvalue weighted by molar-refractivity contribution is 7.35. The number of nitrogens with zero attached hydrogens (tertiary/aromatic N) is 6. The Morgan fingerprint density at radius 2 is 0.316 bits per heavy atom. The van der Waals surface area contributed by atoms with Crippen LogP contribution in [0.2, 0.25) is 0 Å². The largest absolute Gasteiger partial charge is 0.327 e. The van der Waals surface area contributed by atoms with E-state index in [2.05, 4.69) is 27.4 Å². The summed E-state index contributed by atoms with van der Waals surface area (Å²) in [5, 5.41) is 0. The first kappa shape index (κ1) is 28.3. The minimum atomic E-state index is -2.22. The molecule has 0 N–H and O–H groups in total. The summed E-state index contributed by atoms with van der Waals surface area (Å²) in [4.78, 5) is 0. The van der Waals surface area contributed by atoms with Crippen LogP contribution >= 0.6 is 0 Å². The molecule has 0 spiro atoms. The van der Waals surface area contributed by atoms with Crippen LogP contribution in [0.3, 0.4) is 0 Å². The monoisotopic (exact) mass is 560 g/mol. The molecule has 38 heavy (non-hydrogen) atoms. The van der Waals surface area contributed by atoms with Gasteiger partial charge in [0, 0.05) is 0 Å². The summed E-state index contributed by atoms with van der Waals surface area (Å²) in [5.74, 6) is 0. The van der Waals surface area contributed by atoms with Gasteiger partial charge in [-0.1, -0.05) is 38.5 Å². The third-order valence-electron chi connectivity index (χ3n) is 11.2. The van der Waals surface area contributed by atoms with Crippen LogP contribution in [0, 0.1) is 0 Å². The Hall–Kier alpha value is 0.194. The normalized spacial score (nSPS) is 30.0. The predicted molar refractivity (Wildman–Crippen MR) is 164 cm³/mol. The van der Waals surface area contributed by atoms with Gasteiger partial charge in [-0.2, -0.15) is 0 Å².